The molecule has 1 aromatic carbocycles. The van der Waals surface area contributed by atoms with Crippen molar-refractivity contribution < 1.29 is 14.0 Å². The molecule has 0 unspecified atom stereocenters. The van der Waals surface area contributed by atoms with Gasteiger partial charge < -0.3 is 9.80 Å². The molecule has 0 spiro atoms. The van der Waals surface area contributed by atoms with Gasteiger partial charge in [0.25, 0.3) is 11.8 Å². The predicted molar refractivity (Wildman–Crippen MR) is 103 cm³/mol. The lowest BCUT2D eigenvalue weighted by atomic mass is 10.1. The van der Waals surface area contributed by atoms with Gasteiger partial charge in [0.05, 0.1) is 16.1 Å². The molecule has 0 radical (unpaired) electrons. The van der Waals surface area contributed by atoms with E-state index >= 15 is 0 Å². The Labute approximate surface area is 170 Å². The van der Waals surface area contributed by atoms with E-state index in [-0.39, 0.29) is 29.6 Å². The Morgan fingerprint density at radius 1 is 0.964 bits per heavy atom. The van der Waals surface area contributed by atoms with Crippen LogP contribution in [0.25, 0.3) is 5.52 Å². The number of nitrogens with zero attached hydrogens (tertiary/aromatic N) is 4. The van der Waals surface area contributed by atoms with Crippen LogP contribution in [0.1, 0.15) is 20.8 Å². The Hall–Kier alpha value is -2.64. The number of amides is 2. The monoisotopic (exact) mass is 420 g/mol. The third-order valence-electron chi connectivity index (χ3n) is 4.68. The van der Waals surface area contributed by atoms with E-state index in [1.807, 2.05) is 0 Å². The molecule has 144 valence electrons. The average molecular weight is 421 g/mol. The number of fused-ring (bicyclic) bond motifs is 1. The normalized spacial score (nSPS) is 14.5. The van der Waals surface area contributed by atoms with Gasteiger partial charge in [-0.3, -0.25) is 9.59 Å². The van der Waals surface area contributed by atoms with Crippen LogP contribution in [0.4, 0.5) is 4.39 Å². The Morgan fingerprint density at radius 2 is 1.64 bits per heavy atom. The molecule has 9 heteroatoms. The van der Waals surface area contributed by atoms with E-state index < -0.39 is 11.7 Å². The van der Waals surface area contributed by atoms with Crippen molar-refractivity contribution in [2.45, 2.75) is 0 Å². The molecular formula is C19H15Cl2FN4O2. The Morgan fingerprint density at radius 3 is 2.32 bits per heavy atom. The zero-order valence-electron chi connectivity index (χ0n) is 14.6. The van der Waals surface area contributed by atoms with Crippen molar-refractivity contribution in [2.24, 2.45) is 0 Å². The molecule has 1 saturated heterocycles. The second-order valence-corrected chi connectivity index (χ2v) is 7.27. The van der Waals surface area contributed by atoms with E-state index in [2.05, 4.69) is 5.10 Å². The molecule has 0 N–H and O–H groups in total. The smallest absolute Gasteiger partial charge is 0.274 e. The van der Waals surface area contributed by atoms with Gasteiger partial charge >= 0.3 is 0 Å². The summed E-state index contributed by atoms with van der Waals surface area (Å²) in [5, 5.41) is 4.91. The number of rotatable bonds is 2. The Bertz CT molecular complexity index is 1060. The van der Waals surface area contributed by atoms with E-state index in [0.717, 1.165) is 5.52 Å². The molecule has 0 atom stereocenters. The number of piperazine rings is 1. The molecular weight excluding hydrogens is 406 g/mol. The highest BCUT2D eigenvalue weighted by molar-refractivity contribution is 6.33. The first-order valence-corrected chi connectivity index (χ1v) is 9.37. The highest BCUT2D eigenvalue weighted by atomic mass is 35.5. The van der Waals surface area contributed by atoms with Crippen LogP contribution in [0.5, 0.6) is 0 Å². The van der Waals surface area contributed by atoms with Crippen LogP contribution in [0.3, 0.4) is 0 Å². The molecule has 4 rings (SSSR count). The van der Waals surface area contributed by atoms with E-state index in [1.165, 1.54) is 23.1 Å². The van der Waals surface area contributed by atoms with Gasteiger partial charge in [-0.2, -0.15) is 5.10 Å². The molecule has 0 aliphatic carbocycles. The highest BCUT2D eigenvalue weighted by Gasteiger charge is 2.28. The maximum absolute atomic E-state index is 14.0. The minimum Gasteiger partial charge on any atom is -0.335 e. The second-order valence-electron chi connectivity index (χ2n) is 6.43. The topological polar surface area (TPSA) is 57.9 Å². The SMILES string of the molecule is O=C(c1cc2cc(Cl)ccn2n1)N1CCN(C(=O)c2c(F)cccc2Cl)CC1. The number of pyridine rings is 1. The van der Waals surface area contributed by atoms with Crippen LogP contribution in [-0.4, -0.2) is 57.4 Å². The molecule has 3 aromatic rings. The van der Waals surface area contributed by atoms with E-state index in [0.29, 0.717) is 23.8 Å². The number of benzene rings is 1. The second kappa shape index (κ2) is 7.41. The van der Waals surface area contributed by atoms with Crippen molar-refractivity contribution in [3.05, 3.63) is 69.7 Å². The summed E-state index contributed by atoms with van der Waals surface area (Å²) in [6, 6.07) is 9.22. The van der Waals surface area contributed by atoms with Crippen LogP contribution in [0.15, 0.2) is 42.6 Å². The zero-order valence-corrected chi connectivity index (χ0v) is 16.1. The molecule has 28 heavy (non-hydrogen) atoms. The Kier molecular flexibility index (Phi) is 4.95. The number of hydrogen-bond donors (Lipinski definition) is 0. The van der Waals surface area contributed by atoms with E-state index in [4.69, 9.17) is 23.2 Å². The number of carbonyl (C=O) groups is 2. The maximum Gasteiger partial charge on any atom is 0.274 e. The molecule has 1 aliphatic heterocycles. The average Bonchev–Trinajstić information content (AvgIpc) is 3.10. The largest absolute Gasteiger partial charge is 0.335 e. The van der Waals surface area contributed by atoms with Crippen molar-refractivity contribution in [2.75, 3.05) is 26.2 Å². The van der Waals surface area contributed by atoms with E-state index in [9.17, 15) is 14.0 Å². The molecule has 0 bridgehead atoms. The molecule has 2 aromatic heterocycles. The van der Waals surface area contributed by atoms with Crippen molar-refractivity contribution in [1.29, 1.82) is 0 Å². The first kappa shape index (κ1) is 18.7. The molecule has 0 saturated carbocycles. The lowest BCUT2D eigenvalue weighted by Gasteiger charge is -2.34. The lowest BCUT2D eigenvalue weighted by Crippen LogP contribution is -2.50. The number of aromatic nitrogens is 2. The number of hydrogen-bond acceptors (Lipinski definition) is 3. The highest BCUT2D eigenvalue weighted by Crippen LogP contribution is 2.22. The summed E-state index contributed by atoms with van der Waals surface area (Å²) in [7, 11) is 0. The van der Waals surface area contributed by atoms with Crippen LogP contribution in [0.2, 0.25) is 10.0 Å². The van der Waals surface area contributed by atoms with Crippen LogP contribution in [-0.2, 0) is 0 Å². The summed E-state index contributed by atoms with van der Waals surface area (Å²) in [4.78, 5) is 28.5. The van der Waals surface area contributed by atoms with Gasteiger partial charge in [0, 0.05) is 37.4 Å². The standard InChI is InChI=1S/C19H15Cl2FN4O2/c20-12-4-5-26-13(10-12)11-16(23-26)18(27)24-6-8-25(9-7-24)19(28)17-14(21)2-1-3-15(17)22/h1-5,10-11H,6-9H2. The van der Waals surface area contributed by atoms with Crippen LogP contribution < -0.4 is 0 Å². The molecule has 1 aliphatic rings. The third kappa shape index (κ3) is 3.43. The summed E-state index contributed by atoms with van der Waals surface area (Å²) in [6.07, 6.45) is 1.68. The van der Waals surface area contributed by atoms with Gasteiger partial charge in [-0.15, -0.1) is 0 Å². The van der Waals surface area contributed by atoms with Crippen LogP contribution >= 0.6 is 23.2 Å². The minimum absolute atomic E-state index is 0.0758. The molecule has 2 amide bonds. The number of carbonyl (C=O) groups excluding carboxylic acids is 2. The minimum atomic E-state index is -0.653. The van der Waals surface area contributed by atoms with E-state index in [1.54, 1.807) is 33.8 Å². The van der Waals surface area contributed by atoms with Crippen LogP contribution in [0, 0.1) is 5.82 Å². The molecule has 3 heterocycles. The van der Waals surface area contributed by atoms with Gasteiger partial charge in [0.1, 0.15) is 5.82 Å². The summed E-state index contributed by atoms with van der Waals surface area (Å²) >= 11 is 11.9. The predicted octanol–water partition coefficient (Wildman–Crippen LogP) is 3.38. The van der Waals surface area contributed by atoms with Gasteiger partial charge in [-0.25, -0.2) is 8.91 Å². The fraction of sp³-hybridized carbons (Fsp3) is 0.211. The van der Waals surface area contributed by atoms with Gasteiger partial charge in [0.15, 0.2) is 5.69 Å². The van der Waals surface area contributed by atoms with Gasteiger partial charge in [-0.1, -0.05) is 29.3 Å². The summed E-state index contributed by atoms with van der Waals surface area (Å²) < 4.78 is 15.6. The van der Waals surface area contributed by atoms with Crippen molar-refractivity contribution in [3.8, 4) is 0 Å². The molecule has 6 nitrogen and oxygen atoms in total. The molecule has 1 fully saturated rings. The summed E-state index contributed by atoms with van der Waals surface area (Å²) in [5.41, 5.74) is 0.888. The zero-order chi connectivity index (χ0) is 19.8. The fourth-order valence-electron chi connectivity index (χ4n) is 3.21. The first-order valence-electron chi connectivity index (χ1n) is 8.61. The van der Waals surface area contributed by atoms with Crippen molar-refractivity contribution >= 4 is 40.5 Å². The lowest BCUT2D eigenvalue weighted by molar-refractivity contribution is 0.0529. The summed E-state index contributed by atoms with van der Waals surface area (Å²) in [6.45, 7) is 1.22. The first-order chi connectivity index (χ1) is 13.4. The van der Waals surface area contributed by atoms with Crippen molar-refractivity contribution in [3.63, 3.8) is 0 Å². The third-order valence-corrected chi connectivity index (χ3v) is 5.23. The quantitative estimate of drug-likeness (QED) is 0.638. The number of halogens is 3. The summed E-state index contributed by atoms with van der Waals surface area (Å²) in [5.74, 6) is -1.35. The van der Waals surface area contributed by atoms with Gasteiger partial charge in [-0.05, 0) is 30.3 Å². The Balaban J connectivity index is 1.46. The van der Waals surface area contributed by atoms with Gasteiger partial charge in [0.2, 0.25) is 0 Å². The van der Waals surface area contributed by atoms with Crippen molar-refractivity contribution in [1.82, 2.24) is 19.4 Å². The fourth-order valence-corrected chi connectivity index (χ4v) is 3.62. The maximum atomic E-state index is 14.0.